The Morgan fingerprint density at radius 3 is 2.56 bits per heavy atom. The standard InChI is InChI=1S/C14H17FO/c15-13-9-5-4-8-12(13)10-14(16)11-6-2-1-3-7-11/h4-5,8-9,11H,1-3,6-7,10H2. The molecule has 1 fully saturated rings. The van der Waals surface area contributed by atoms with Crippen LogP contribution in [0.2, 0.25) is 0 Å². The van der Waals surface area contributed by atoms with Gasteiger partial charge in [0.2, 0.25) is 0 Å². The Morgan fingerprint density at radius 2 is 1.88 bits per heavy atom. The smallest absolute Gasteiger partial charge is 0.140 e. The molecule has 1 aliphatic carbocycles. The fourth-order valence-corrected chi connectivity index (χ4v) is 2.40. The number of carbonyl (C=O) groups excluding carboxylic acids is 1. The number of carbonyl (C=O) groups is 1. The maximum absolute atomic E-state index is 13.4. The van der Waals surface area contributed by atoms with Crippen molar-refractivity contribution < 1.29 is 9.18 Å². The van der Waals surface area contributed by atoms with E-state index in [0.29, 0.717) is 5.56 Å². The molecular formula is C14H17FO. The zero-order chi connectivity index (χ0) is 11.4. The van der Waals surface area contributed by atoms with Crippen LogP contribution in [0.25, 0.3) is 0 Å². The third-order valence-electron chi connectivity index (χ3n) is 3.38. The average Bonchev–Trinajstić information content (AvgIpc) is 2.33. The Bertz CT molecular complexity index is 367. The van der Waals surface area contributed by atoms with Gasteiger partial charge < -0.3 is 0 Å². The van der Waals surface area contributed by atoms with Gasteiger partial charge in [-0.25, -0.2) is 4.39 Å². The lowest BCUT2D eigenvalue weighted by Gasteiger charge is -2.20. The van der Waals surface area contributed by atoms with Gasteiger partial charge in [-0.2, -0.15) is 0 Å². The first kappa shape index (κ1) is 11.3. The number of Topliss-reactive ketones (excluding diaryl/α,β-unsaturated/α-hetero) is 1. The van der Waals surface area contributed by atoms with Crippen molar-refractivity contribution in [2.24, 2.45) is 5.92 Å². The molecule has 0 aromatic heterocycles. The van der Waals surface area contributed by atoms with E-state index >= 15 is 0 Å². The quantitative estimate of drug-likeness (QED) is 0.761. The number of rotatable bonds is 3. The van der Waals surface area contributed by atoms with Gasteiger partial charge in [-0.15, -0.1) is 0 Å². The van der Waals surface area contributed by atoms with E-state index in [4.69, 9.17) is 0 Å². The lowest BCUT2D eigenvalue weighted by Crippen LogP contribution is -2.19. The summed E-state index contributed by atoms with van der Waals surface area (Å²) in [6, 6.07) is 6.57. The number of hydrogen-bond donors (Lipinski definition) is 0. The van der Waals surface area contributed by atoms with Gasteiger partial charge in [0.15, 0.2) is 0 Å². The van der Waals surface area contributed by atoms with Crippen molar-refractivity contribution in [3.05, 3.63) is 35.6 Å². The molecule has 0 bridgehead atoms. The number of benzene rings is 1. The van der Waals surface area contributed by atoms with Gasteiger partial charge in [0.1, 0.15) is 11.6 Å². The van der Waals surface area contributed by atoms with Gasteiger partial charge in [0.25, 0.3) is 0 Å². The Balaban J connectivity index is 1.99. The molecular weight excluding hydrogens is 203 g/mol. The van der Waals surface area contributed by atoms with Crippen molar-refractivity contribution in [2.75, 3.05) is 0 Å². The Labute approximate surface area is 95.7 Å². The maximum Gasteiger partial charge on any atom is 0.140 e. The second kappa shape index (κ2) is 5.24. The minimum absolute atomic E-state index is 0.174. The molecule has 1 nitrogen and oxygen atoms in total. The van der Waals surface area contributed by atoms with Crippen LogP contribution in [0.5, 0.6) is 0 Å². The summed E-state index contributed by atoms with van der Waals surface area (Å²) in [6.45, 7) is 0. The highest BCUT2D eigenvalue weighted by molar-refractivity contribution is 5.83. The van der Waals surface area contributed by atoms with Gasteiger partial charge in [-0.3, -0.25) is 4.79 Å². The molecule has 0 amide bonds. The van der Waals surface area contributed by atoms with Crippen molar-refractivity contribution in [3.8, 4) is 0 Å². The summed E-state index contributed by atoms with van der Waals surface area (Å²) < 4.78 is 13.4. The molecule has 2 heteroatoms. The summed E-state index contributed by atoms with van der Waals surface area (Å²) in [7, 11) is 0. The minimum atomic E-state index is -0.258. The average molecular weight is 220 g/mol. The molecule has 0 atom stereocenters. The summed E-state index contributed by atoms with van der Waals surface area (Å²) in [4.78, 5) is 12.0. The summed E-state index contributed by atoms with van der Waals surface area (Å²) in [5, 5.41) is 0. The first-order chi connectivity index (χ1) is 7.77. The van der Waals surface area contributed by atoms with Crippen LogP contribution in [-0.4, -0.2) is 5.78 Å². The van der Waals surface area contributed by atoms with Gasteiger partial charge in [0.05, 0.1) is 0 Å². The molecule has 1 saturated carbocycles. The molecule has 0 saturated heterocycles. The normalized spacial score (nSPS) is 17.3. The third-order valence-corrected chi connectivity index (χ3v) is 3.38. The topological polar surface area (TPSA) is 17.1 Å². The van der Waals surface area contributed by atoms with E-state index in [1.807, 2.05) is 0 Å². The van der Waals surface area contributed by atoms with Gasteiger partial charge >= 0.3 is 0 Å². The van der Waals surface area contributed by atoms with Gasteiger partial charge in [0, 0.05) is 12.3 Å². The van der Waals surface area contributed by atoms with Crippen LogP contribution in [-0.2, 0) is 11.2 Å². The highest BCUT2D eigenvalue weighted by Crippen LogP contribution is 2.25. The maximum atomic E-state index is 13.4. The summed E-state index contributed by atoms with van der Waals surface area (Å²) in [5.74, 6) is 0.129. The van der Waals surface area contributed by atoms with Crippen LogP contribution in [0.3, 0.4) is 0 Å². The third kappa shape index (κ3) is 2.69. The Kier molecular flexibility index (Phi) is 3.70. The monoisotopic (exact) mass is 220 g/mol. The molecule has 0 spiro atoms. The SMILES string of the molecule is O=C(Cc1ccccc1F)C1CCCCC1. The lowest BCUT2D eigenvalue weighted by molar-refractivity contribution is -0.123. The highest BCUT2D eigenvalue weighted by atomic mass is 19.1. The minimum Gasteiger partial charge on any atom is -0.299 e. The number of hydrogen-bond acceptors (Lipinski definition) is 1. The molecule has 0 aliphatic heterocycles. The summed E-state index contributed by atoms with van der Waals surface area (Å²) in [5.41, 5.74) is 0.540. The molecule has 0 unspecified atom stereocenters. The van der Waals surface area contributed by atoms with Crippen LogP contribution in [0.1, 0.15) is 37.7 Å². The van der Waals surface area contributed by atoms with E-state index in [-0.39, 0.29) is 23.9 Å². The summed E-state index contributed by atoms with van der Waals surface area (Å²) >= 11 is 0. The zero-order valence-corrected chi connectivity index (χ0v) is 9.42. The predicted molar refractivity (Wildman–Crippen MR) is 61.7 cm³/mol. The van der Waals surface area contributed by atoms with Gasteiger partial charge in [-0.05, 0) is 24.5 Å². The van der Waals surface area contributed by atoms with Crippen LogP contribution >= 0.6 is 0 Å². The van der Waals surface area contributed by atoms with Crippen molar-refractivity contribution >= 4 is 5.78 Å². The second-order valence-electron chi connectivity index (χ2n) is 4.57. The van der Waals surface area contributed by atoms with E-state index in [0.717, 1.165) is 25.7 Å². The lowest BCUT2D eigenvalue weighted by atomic mass is 9.84. The fourth-order valence-electron chi connectivity index (χ4n) is 2.40. The molecule has 2 rings (SSSR count). The van der Waals surface area contributed by atoms with Crippen LogP contribution < -0.4 is 0 Å². The Morgan fingerprint density at radius 1 is 1.19 bits per heavy atom. The number of ketones is 1. The molecule has 16 heavy (non-hydrogen) atoms. The predicted octanol–water partition coefficient (Wildman–Crippen LogP) is 3.52. The van der Waals surface area contributed by atoms with Crippen molar-refractivity contribution in [1.29, 1.82) is 0 Å². The first-order valence-electron chi connectivity index (χ1n) is 6.03. The molecule has 0 N–H and O–H groups in total. The number of halogens is 1. The largest absolute Gasteiger partial charge is 0.299 e. The molecule has 86 valence electrons. The van der Waals surface area contributed by atoms with Crippen molar-refractivity contribution in [3.63, 3.8) is 0 Å². The van der Waals surface area contributed by atoms with Crippen molar-refractivity contribution in [2.45, 2.75) is 38.5 Å². The first-order valence-corrected chi connectivity index (χ1v) is 6.03. The molecule has 0 radical (unpaired) electrons. The highest BCUT2D eigenvalue weighted by Gasteiger charge is 2.21. The molecule has 1 aromatic carbocycles. The van der Waals surface area contributed by atoms with Gasteiger partial charge in [-0.1, -0.05) is 37.5 Å². The second-order valence-corrected chi connectivity index (χ2v) is 4.57. The van der Waals surface area contributed by atoms with E-state index < -0.39 is 0 Å². The Hall–Kier alpha value is -1.18. The van der Waals surface area contributed by atoms with E-state index in [1.165, 1.54) is 12.5 Å². The van der Waals surface area contributed by atoms with E-state index in [9.17, 15) is 9.18 Å². The molecule has 1 aliphatic rings. The fraction of sp³-hybridized carbons (Fsp3) is 0.500. The van der Waals surface area contributed by atoms with Crippen LogP contribution in [0, 0.1) is 11.7 Å². The van der Waals surface area contributed by atoms with E-state index in [1.54, 1.807) is 18.2 Å². The molecule has 0 heterocycles. The molecule has 1 aromatic rings. The van der Waals surface area contributed by atoms with Crippen LogP contribution in [0.4, 0.5) is 4.39 Å². The van der Waals surface area contributed by atoms with Crippen LogP contribution in [0.15, 0.2) is 24.3 Å². The van der Waals surface area contributed by atoms with E-state index in [2.05, 4.69) is 0 Å². The van der Waals surface area contributed by atoms with Crippen molar-refractivity contribution in [1.82, 2.24) is 0 Å². The summed E-state index contributed by atoms with van der Waals surface area (Å²) in [6.07, 6.45) is 5.78. The zero-order valence-electron chi connectivity index (χ0n) is 9.42.